The first-order chi connectivity index (χ1) is 11.9. The second-order valence-electron chi connectivity index (χ2n) is 6.06. The highest BCUT2D eigenvalue weighted by Crippen LogP contribution is 2.30. The van der Waals surface area contributed by atoms with Gasteiger partial charge in [0.25, 0.3) is 0 Å². The predicted octanol–water partition coefficient (Wildman–Crippen LogP) is 5.54. The Bertz CT molecular complexity index is 911. The van der Waals surface area contributed by atoms with Crippen molar-refractivity contribution < 1.29 is 18.7 Å². The van der Waals surface area contributed by atoms with Gasteiger partial charge in [0.2, 0.25) is 0 Å². The molecule has 0 saturated carbocycles. The van der Waals surface area contributed by atoms with Crippen molar-refractivity contribution in [1.29, 1.82) is 0 Å². The maximum Gasteiger partial charge on any atom is 0.342 e. The van der Waals surface area contributed by atoms with Gasteiger partial charge in [0.05, 0.1) is 6.10 Å². The number of benzene rings is 2. The van der Waals surface area contributed by atoms with Crippen LogP contribution in [0.2, 0.25) is 5.02 Å². The van der Waals surface area contributed by atoms with E-state index in [1.807, 2.05) is 44.2 Å². The lowest BCUT2D eigenvalue weighted by molar-refractivity contribution is 0.0378. The van der Waals surface area contributed by atoms with E-state index in [9.17, 15) is 4.79 Å². The van der Waals surface area contributed by atoms with Gasteiger partial charge < -0.3 is 13.9 Å². The van der Waals surface area contributed by atoms with E-state index in [1.54, 1.807) is 19.1 Å². The van der Waals surface area contributed by atoms with Gasteiger partial charge in [-0.25, -0.2) is 4.79 Å². The molecule has 4 nitrogen and oxygen atoms in total. The summed E-state index contributed by atoms with van der Waals surface area (Å²) in [6.07, 6.45) is -0.195. The minimum atomic E-state index is -0.391. The Kier molecular flexibility index (Phi) is 5.00. The number of furan rings is 1. The van der Waals surface area contributed by atoms with Crippen molar-refractivity contribution in [2.45, 2.75) is 33.5 Å². The number of ether oxygens (including phenoxy) is 2. The number of carbonyl (C=O) groups is 1. The Morgan fingerprint density at radius 1 is 1.20 bits per heavy atom. The van der Waals surface area contributed by atoms with Gasteiger partial charge in [-0.3, -0.25) is 0 Å². The van der Waals surface area contributed by atoms with Crippen LogP contribution in [0.4, 0.5) is 0 Å². The largest absolute Gasteiger partial charge is 0.489 e. The van der Waals surface area contributed by atoms with Crippen LogP contribution in [-0.2, 0) is 11.3 Å². The third-order valence-electron chi connectivity index (χ3n) is 3.68. The molecule has 0 bridgehead atoms. The zero-order valence-corrected chi connectivity index (χ0v) is 15.1. The second-order valence-corrected chi connectivity index (χ2v) is 6.50. The molecule has 3 aromatic rings. The van der Waals surface area contributed by atoms with Gasteiger partial charge in [0.15, 0.2) is 0 Å². The van der Waals surface area contributed by atoms with Crippen LogP contribution >= 0.6 is 11.6 Å². The van der Waals surface area contributed by atoms with Crippen molar-refractivity contribution in [3.63, 3.8) is 0 Å². The van der Waals surface area contributed by atoms with Crippen LogP contribution in [0.3, 0.4) is 0 Å². The molecule has 0 spiro atoms. The zero-order chi connectivity index (χ0) is 18.0. The summed E-state index contributed by atoms with van der Waals surface area (Å²) in [7, 11) is 0. The summed E-state index contributed by atoms with van der Waals surface area (Å²) in [6, 6.07) is 12.9. The number of rotatable bonds is 5. The molecule has 1 aromatic heterocycles. The van der Waals surface area contributed by atoms with Gasteiger partial charge in [-0.15, -0.1) is 0 Å². The molecule has 0 fully saturated rings. The Morgan fingerprint density at radius 2 is 2.00 bits per heavy atom. The molecule has 0 aliphatic heterocycles. The smallest absolute Gasteiger partial charge is 0.342 e. The molecule has 1 heterocycles. The average molecular weight is 359 g/mol. The van der Waals surface area contributed by atoms with Gasteiger partial charge >= 0.3 is 5.97 Å². The van der Waals surface area contributed by atoms with Crippen molar-refractivity contribution in [3.8, 4) is 5.75 Å². The number of carbonyl (C=O) groups excluding carboxylic acids is 1. The molecule has 0 saturated heterocycles. The lowest BCUT2D eigenvalue weighted by atomic mass is 10.1. The first kappa shape index (κ1) is 17.4. The Balaban J connectivity index is 1.87. The lowest BCUT2D eigenvalue weighted by Gasteiger charge is -2.08. The summed E-state index contributed by atoms with van der Waals surface area (Å²) in [5.74, 6) is 0.790. The number of halogens is 1. The Morgan fingerprint density at radius 3 is 2.72 bits per heavy atom. The molecule has 0 atom stereocenters. The summed E-state index contributed by atoms with van der Waals surface area (Å²) in [4.78, 5) is 12.3. The number of esters is 1. The summed E-state index contributed by atoms with van der Waals surface area (Å²) < 4.78 is 16.8. The van der Waals surface area contributed by atoms with Gasteiger partial charge in [0, 0.05) is 10.4 Å². The molecule has 3 rings (SSSR count). The molecule has 2 aromatic carbocycles. The third kappa shape index (κ3) is 3.97. The van der Waals surface area contributed by atoms with Crippen molar-refractivity contribution in [2.24, 2.45) is 0 Å². The highest BCUT2D eigenvalue weighted by atomic mass is 35.5. The van der Waals surface area contributed by atoms with Gasteiger partial charge in [0.1, 0.15) is 29.3 Å². The van der Waals surface area contributed by atoms with Crippen LogP contribution in [0.25, 0.3) is 11.0 Å². The average Bonchev–Trinajstić information content (AvgIpc) is 2.87. The number of hydrogen-bond acceptors (Lipinski definition) is 4. The fourth-order valence-corrected chi connectivity index (χ4v) is 2.82. The maximum absolute atomic E-state index is 12.3. The fourth-order valence-electron chi connectivity index (χ4n) is 2.61. The molecule has 0 amide bonds. The van der Waals surface area contributed by atoms with Crippen molar-refractivity contribution >= 4 is 28.5 Å². The molecular formula is C20H19ClO4. The van der Waals surface area contributed by atoms with Crippen molar-refractivity contribution in [3.05, 3.63) is 64.4 Å². The van der Waals surface area contributed by atoms with Crippen molar-refractivity contribution in [1.82, 2.24) is 0 Å². The highest BCUT2D eigenvalue weighted by Gasteiger charge is 2.21. The molecule has 0 unspecified atom stereocenters. The van der Waals surface area contributed by atoms with E-state index in [1.165, 1.54) is 0 Å². The Hall–Kier alpha value is -2.46. The SMILES string of the molecule is Cc1oc2ccc(OCc3cccc(Cl)c3)cc2c1C(=O)OC(C)C. The second kappa shape index (κ2) is 7.19. The monoisotopic (exact) mass is 358 g/mol. The van der Waals surface area contributed by atoms with E-state index in [0.29, 0.717) is 39.7 Å². The van der Waals surface area contributed by atoms with Crippen LogP contribution in [0, 0.1) is 6.92 Å². The summed E-state index contributed by atoms with van der Waals surface area (Å²) in [5.41, 5.74) is 2.04. The fraction of sp³-hybridized carbons (Fsp3) is 0.250. The molecule has 0 aliphatic rings. The van der Waals surface area contributed by atoms with E-state index in [2.05, 4.69) is 0 Å². The van der Waals surface area contributed by atoms with Crippen LogP contribution in [-0.4, -0.2) is 12.1 Å². The molecule has 5 heteroatoms. The van der Waals surface area contributed by atoms with Gasteiger partial charge in [-0.1, -0.05) is 23.7 Å². The van der Waals surface area contributed by atoms with Crippen LogP contribution in [0.1, 0.15) is 35.5 Å². The predicted molar refractivity (Wildman–Crippen MR) is 97.3 cm³/mol. The van der Waals surface area contributed by atoms with E-state index in [4.69, 9.17) is 25.5 Å². The minimum absolute atomic E-state index is 0.195. The van der Waals surface area contributed by atoms with Gasteiger partial charge in [-0.2, -0.15) is 0 Å². The quantitative estimate of drug-likeness (QED) is 0.562. The van der Waals surface area contributed by atoms with Gasteiger partial charge in [-0.05, 0) is 56.7 Å². The molecule has 0 N–H and O–H groups in total. The Labute approximate surface area is 151 Å². The molecule has 0 radical (unpaired) electrons. The third-order valence-corrected chi connectivity index (χ3v) is 3.91. The maximum atomic E-state index is 12.3. The van der Waals surface area contributed by atoms with E-state index >= 15 is 0 Å². The number of fused-ring (bicyclic) bond motifs is 1. The molecular weight excluding hydrogens is 340 g/mol. The summed E-state index contributed by atoms with van der Waals surface area (Å²) in [5, 5.41) is 1.35. The zero-order valence-electron chi connectivity index (χ0n) is 14.3. The van der Waals surface area contributed by atoms with E-state index in [0.717, 1.165) is 5.56 Å². The number of hydrogen-bond donors (Lipinski definition) is 0. The first-order valence-corrected chi connectivity index (χ1v) is 8.43. The molecule has 130 valence electrons. The van der Waals surface area contributed by atoms with E-state index in [-0.39, 0.29) is 6.10 Å². The first-order valence-electron chi connectivity index (χ1n) is 8.05. The van der Waals surface area contributed by atoms with Crippen LogP contribution < -0.4 is 4.74 Å². The highest BCUT2D eigenvalue weighted by molar-refractivity contribution is 6.30. The van der Waals surface area contributed by atoms with E-state index < -0.39 is 5.97 Å². The normalized spacial score (nSPS) is 11.1. The standard InChI is InChI=1S/C20H19ClO4/c1-12(2)24-20(22)19-13(3)25-18-8-7-16(10-17(18)19)23-11-14-5-4-6-15(21)9-14/h4-10,12H,11H2,1-3H3. The molecule has 0 aliphatic carbocycles. The number of aryl methyl sites for hydroxylation is 1. The summed E-state index contributed by atoms with van der Waals surface area (Å²) in [6.45, 7) is 5.77. The lowest BCUT2D eigenvalue weighted by Crippen LogP contribution is -2.12. The van der Waals surface area contributed by atoms with Crippen LogP contribution in [0.5, 0.6) is 5.75 Å². The minimum Gasteiger partial charge on any atom is -0.489 e. The topological polar surface area (TPSA) is 48.7 Å². The van der Waals surface area contributed by atoms with Crippen LogP contribution in [0.15, 0.2) is 46.9 Å². The summed E-state index contributed by atoms with van der Waals surface area (Å²) >= 11 is 5.99. The molecule has 25 heavy (non-hydrogen) atoms. The van der Waals surface area contributed by atoms with Crippen molar-refractivity contribution in [2.75, 3.05) is 0 Å².